The number of ether oxygens (including phenoxy) is 1. The van der Waals surface area contributed by atoms with Crippen LogP contribution in [0.3, 0.4) is 0 Å². The van der Waals surface area contributed by atoms with E-state index in [9.17, 15) is 4.79 Å². The van der Waals surface area contributed by atoms with Crippen LogP contribution in [0.4, 0.5) is 5.95 Å². The Kier molecular flexibility index (Phi) is 4.50. The Hall–Kier alpha value is -1.73. The van der Waals surface area contributed by atoms with E-state index in [-0.39, 0.29) is 17.6 Å². The van der Waals surface area contributed by atoms with Crippen LogP contribution in [0.2, 0.25) is 0 Å². The van der Waals surface area contributed by atoms with Gasteiger partial charge in [-0.2, -0.15) is 0 Å². The van der Waals surface area contributed by atoms with Crippen LogP contribution in [0.1, 0.15) is 12.8 Å². The number of rotatable bonds is 4. The highest BCUT2D eigenvalue weighted by Gasteiger charge is 2.47. The molecule has 23 heavy (non-hydrogen) atoms. The number of nitrogens with zero attached hydrogens (tertiary/aromatic N) is 5. The highest BCUT2D eigenvalue weighted by atomic mass is 16.5. The molecule has 0 radical (unpaired) electrons. The van der Waals surface area contributed by atoms with E-state index in [1.54, 1.807) is 12.4 Å². The molecule has 2 aliphatic rings. The zero-order valence-corrected chi connectivity index (χ0v) is 14.1. The molecule has 7 nitrogen and oxygen atoms in total. The van der Waals surface area contributed by atoms with Crippen molar-refractivity contribution in [2.24, 2.45) is 0 Å². The molecule has 1 spiro atoms. The van der Waals surface area contributed by atoms with Gasteiger partial charge in [0, 0.05) is 39.0 Å². The van der Waals surface area contributed by atoms with Gasteiger partial charge in [-0.3, -0.25) is 4.79 Å². The number of likely N-dealkylation sites (tertiary alicyclic amines) is 1. The molecular weight excluding hydrogens is 294 g/mol. The van der Waals surface area contributed by atoms with Crippen molar-refractivity contribution < 1.29 is 9.53 Å². The Labute approximate surface area is 137 Å². The van der Waals surface area contributed by atoms with Crippen molar-refractivity contribution in [2.75, 3.05) is 52.3 Å². The van der Waals surface area contributed by atoms with E-state index in [2.05, 4.69) is 14.9 Å². The van der Waals surface area contributed by atoms with Crippen LogP contribution in [-0.2, 0) is 9.53 Å². The minimum absolute atomic E-state index is 0.179. The number of anilines is 1. The molecule has 2 aliphatic heterocycles. The Morgan fingerprint density at radius 1 is 1.39 bits per heavy atom. The molecule has 1 amide bonds. The Morgan fingerprint density at radius 2 is 2.13 bits per heavy atom. The van der Waals surface area contributed by atoms with Gasteiger partial charge in [0.1, 0.15) is 0 Å². The maximum Gasteiger partial charge on any atom is 0.236 e. The minimum Gasteiger partial charge on any atom is -0.371 e. The van der Waals surface area contributed by atoms with Crippen LogP contribution in [0.15, 0.2) is 18.5 Å². The van der Waals surface area contributed by atoms with E-state index < -0.39 is 0 Å². The van der Waals surface area contributed by atoms with Crippen molar-refractivity contribution in [3.63, 3.8) is 0 Å². The molecule has 0 saturated carbocycles. The number of hydrogen-bond acceptors (Lipinski definition) is 6. The van der Waals surface area contributed by atoms with E-state index in [0.717, 1.165) is 25.3 Å². The van der Waals surface area contributed by atoms with Gasteiger partial charge in [-0.25, -0.2) is 9.97 Å². The van der Waals surface area contributed by atoms with Crippen LogP contribution in [0.25, 0.3) is 0 Å². The summed E-state index contributed by atoms with van der Waals surface area (Å²) in [5.74, 6) is 0.898. The molecule has 1 aromatic heterocycles. The molecule has 1 aromatic rings. The predicted molar refractivity (Wildman–Crippen MR) is 87.3 cm³/mol. The number of carbonyl (C=O) groups is 1. The van der Waals surface area contributed by atoms with Crippen molar-refractivity contribution in [1.29, 1.82) is 0 Å². The van der Waals surface area contributed by atoms with Crippen molar-refractivity contribution in [3.8, 4) is 0 Å². The largest absolute Gasteiger partial charge is 0.371 e. The third-order valence-electron chi connectivity index (χ3n) is 4.73. The van der Waals surface area contributed by atoms with E-state index in [1.807, 2.05) is 37.0 Å². The highest BCUT2D eigenvalue weighted by molar-refractivity contribution is 5.78. The first-order chi connectivity index (χ1) is 11.0. The molecule has 126 valence electrons. The lowest BCUT2D eigenvalue weighted by Crippen LogP contribution is -2.40. The Bertz CT molecular complexity index is 553. The van der Waals surface area contributed by atoms with Gasteiger partial charge in [0.15, 0.2) is 0 Å². The number of likely N-dealkylation sites (N-methyl/N-ethyl adjacent to an activating group) is 2. The van der Waals surface area contributed by atoms with E-state index in [1.165, 1.54) is 0 Å². The maximum atomic E-state index is 12.2. The van der Waals surface area contributed by atoms with Crippen molar-refractivity contribution in [3.05, 3.63) is 18.5 Å². The van der Waals surface area contributed by atoms with Gasteiger partial charge in [-0.05, 0) is 26.6 Å². The third-order valence-corrected chi connectivity index (χ3v) is 4.73. The quantitative estimate of drug-likeness (QED) is 0.792. The fourth-order valence-corrected chi connectivity index (χ4v) is 3.42. The third kappa shape index (κ3) is 3.45. The van der Waals surface area contributed by atoms with Crippen LogP contribution >= 0.6 is 0 Å². The van der Waals surface area contributed by atoms with Gasteiger partial charge in [0.2, 0.25) is 11.9 Å². The number of hydrogen-bond donors (Lipinski definition) is 0. The molecule has 3 heterocycles. The summed E-state index contributed by atoms with van der Waals surface area (Å²) in [6.07, 6.45) is 5.32. The van der Waals surface area contributed by atoms with Gasteiger partial charge in [0.05, 0.1) is 24.8 Å². The van der Waals surface area contributed by atoms with E-state index in [4.69, 9.17) is 4.74 Å². The van der Waals surface area contributed by atoms with Crippen LogP contribution in [-0.4, -0.2) is 84.7 Å². The fraction of sp³-hybridized carbons (Fsp3) is 0.688. The smallest absolute Gasteiger partial charge is 0.236 e. The molecule has 2 atom stereocenters. The molecule has 3 rings (SSSR count). The molecular formula is C16H25N5O2. The Morgan fingerprint density at radius 3 is 2.83 bits per heavy atom. The molecule has 2 fully saturated rings. The summed E-state index contributed by atoms with van der Waals surface area (Å²) < 4.78 is 6.14. The minimum atomic E-state index is -0.199. The summed E-state index contributed by atoms with van der Waals surface area (Å²) >= 11 is 0. The van der Waals surface area contributed by atoms with Crippen molar-refractivity contribution >= 4 is 11.9 Å². The van der Waals surface area contributed by atoms with Crippen LogP contribution < -0.4 is 4.90 Å². The lowest BCUT2D eigenvalue weighted by atomic mass is 9.97. The first-order valence-electron chi connectivity index (χ1n) is 8.05. The number of aromatic nitrogens is 2. The molecule has 0 aliphatic carbocycles. The van der Waals surface area contributed by atoms with Gasteiger partial charge in [-0.1, -0.05) is 0 Å². The average Bonchev–Trinajstić information content (AvgIpc) is 3.15. The summed E-state index contributed by atoms with van der Waals surface area (Å²) in [5, 5.41) is 0. The SMILES string of the molecule is CN(C)CC(=O)N1CC[C@@]2(C[C@@H](N(C)c3ncccn3)CO2)C1. The highest BCUT2D eigenvalue weighted by Crippen LogP contribution is 2.37. The first-order valence-corrected chi connectivity index (χ1v) is 8.05. The van der Waals surface area contributed by atoms with E-state index in [0.29, 0.717) is 19.7 Å². The monoisotopic (exact) mass is 319 g/mol. The van der Waals surface area contributed by atoms with Crippen LogP contribution in [0.5, 0.6) is 0 Å². The molecule has 7 heteroatoms. The summed E-state index contributed by atoms with van der Waals surface area (Å²) in [6.45, 7) is 2.59. The second-order valence-electron chi connectivity index (χ2n) is 6.81. The maximum absolute atomic E-state index is 12.2. The molecule has 0 N–H and O–H groups in total. The summed E-state index contributed by atoms with van der Waals surface area (Å²) in [6, 6.07) is 2.07. The molecule has 0 unspecified atom stereocenters. The summed E-state index contributed by atoms with van der Waals surface area (Å²) in [7, 11) is 5.84. The van der Waals surface area contributed by atoms with Crippen LogP contribution in [0, 0.1) is 0 Å². The summed E-state index contributed by atoms with van der Waals surface area (Å²) in [4.78, 5) is 26.8. The lowest BCUT2D eigenvalue weighted by molar-refractivity contribution is -0.131. The van der Waals surface area contributed by atoms with Gasteiger partial charge in [0.25, 0.3) is 0 Å². The van der Waals surface area contributed by atoms with Gasteiger partial charge >= 0.3 is 0 Å². The fourth-order valence-electron chi connectivity index (χ4n) is 3.42. The second-order valence-corrected chi connectivity index (χ2v) is 6.81. The average molecular weight is 319 g/mol. The zero-order valence-electron chi connectivity index (χ0n) is 14.1. The van der Waals surface area contributed by atoms with Gasteiger partial charge < -0.3 is 19.4 Å². The second kappa shape index (κ2) is 6.41. The normalized spacial score (nSPS) is 27.1. The van der Waals surface area contributed by atoms with E-state index >= 15 is 0 Å². The van der Waals surface area contributed by atoms with Crippen molar-refractivity contribution in [1.82, 2.24) is 19.8 Å². The topological polar surface area (TPSA) is 61.8 Å². The number of amides is 1. The predicted octanol–water partition coefficient (Wildman–Crippen LogP) is 0.234. The Balaban J connectivity index is 1.60. The van der Waals surface area contributed by atoms with Crippen molar-refractivity contribution in [2.45, 2.75) is 24.5 Å². The van der Waals surface area contributed by atoms with Gasteiger partial charge in [-0.15, -0.1) is 0 Å². The number of carbonyl (C=O) groups excluding carboxylic acids is 1. The molecule has 2 saturated heterocycles. The lowest BCUT2D eigenvalue weighted by Gasteiger charge is -2.26. The molecule has 0 aromatic carbocycles. The molecule has 0 bridgehead atoms. The standard InChI is InChI=1S/C16H25N5O2/c1-19(2)10-14(22)21-8-5-16(12-21)9-13(11-23-16)20(3)15-17-6-4-7-18-15/h4,6-7,13H,5,8-12H2,1-3H3/t13-,16-/m1/s1. The zero-order chi connectivity index (χ0) is 16.4. The first kappa shape index (κ1) is 16.1. The summed E-state index contributed by atoms with van der Waals surface area (Å²) in [5.41, 5.74) is -0.199.